The van der Waals surface area contributed by atoms with Crippen LogP contribution < -0.4 is 26.3 Å². The average Bonchev–Trinajstić information content (AvgIpc) is 2.51. The van der Waals surface area contributed by atoms with E-state index in [0.717, 1.165) is 4.90 Å². The van der Waals surface area contributed by atoms with Gasteiger partial charge in [0.1, 0.15) is 23.0 Å². The fourth-order valence-corrected chi connectivity index (χ4v) is 2.46. The van der Waals surface area contributed by atoms with Crippen LogP contribution in [-0.4, -0.2) is 22.9 Å². The number of nitrogens with zero attached hydrogens (tertiary/aromatic N) is 1. The number of pyridine rings is 1. The number of carbonyl (C=O) groups is 1. The highest BCUT2D eigenvalue weighted by atomic mass is 32.2. The van der Waals surface area contributed by atoms with Crippen LogP contribution in [0.1, 0.15) is 20.8 Å². The van der Waals surface area contributed by atoms with E-state index < -0.39 is 6.09 Å². The Hall–Kier alpha value is -2.61. The van der Waals surface area contributed by atoms with E-state index in [0.29, 0.717) is 17.2 Å². The summed E-state index contributed by atoms with van der Waals surface area (Å²) in [7, 11) is 0. The number of aromatic nitrogens is 1. The summed E-state index contributed by atoms with van der Waals surface area (Å²) >= 11 is 1.43. The van der Waals surface area contributed by atoms with Crippen molar-refractivity contribution in [3.8, 4) is 17.2 Å². The molecule has 0 fully saturated rings. The lowest BCUT2D eigenvalue weighted by molar-refractivity contribution is 0.189. The molecular weight excluding hydrogens is 340 g/mol. The predicted molar refractivity (Wildman–Crippen MR) is 100 cm³/mol. The van der Waals surface area contributed by atoms with Crippen molar-refractivity contribution in [2.24, 2.45) is 0 Å². The summed E-state index contributed by atoms with van der Waals surface area (Å²) in [4.78, 5) is 16.6. The largest absolute Gasteiger partial charge is 0.455 e. The molecule has 0 aliphatic heterocycles. The van der Waals surface area contributed by atoms with Gasteiger partial charge in [-0.3, -0.25) is 0 Å². The number of anilines is 2. The molecule has 1 heterocycles. The molecule has 7 nitrogen and oxygen atoms in total. The van der Waals surface area contributed by atoms with Gasteiger partial charge in [-0.2, -0.15) is 0 Å². The molecule has 2 rings (SSSR count). The van der Waals surface area contributed by atoms with Crippen molar-refractivity contribution >= 4 is 29.4 Å². The number of nitrogens with one attached hydrogen (secondary N) is 1. The Kier molecular flexibility index (Phi) is 5.63. The minimum absolute atomic E-state index is 0.210. The van der Waals surface area contributed by atoms with Gasteiger partial charge in [0.2, 0.25) is 0 Å². The smallest absolute Gasteiger partial charge is 0.413 e. The van der Waals surface area contributed by atoms with E-state index in [1.807, 2.05) is 27.0 Å². The van der Waals surface area contributed by atoms with Crippen molar-refractivity contribution in [3.05, 3.63) is 30.5 Å². The highest BCUT2D eigenvalue weighted by Gasteiger charge is 2.17. The molecule has 8 heteroatoms. The third-order valence-electron chi connectivity index (χ3n) is 3.02. The lowest BCUT2D eigenvalue weighted by Gasteiger charge is -2.20. The number of hydrogen-bond donors (Lipinski definition) is 3. The van der Waals surface area contributed by atoms with Gasteiger partial charge in [-0.25, -0.2) is 9.78 Å². The molecular formula is C17H22N4O3S. The number of rotatable bonds is 4. The zero-order chi connectivity index (χ0) is 18.6. The van der Waals surface area contributed by atoms with E-state index in [-0.39, 0.29) is 17.0 Å². The molecule has 1 aromatic heterocycles. The van der Waals surface area contributed by atoms with Gasteiger partial charge in [0.05, 0.1) is 4.90 Å². The van der Waals surface area contributed by atoms with E-state index >= 15 is 0 Å². The average molecular weight is 362 g/mol. The summed E-state index contributed by atoms with van der Waals surface area (Å²) in [6, 6.07) is 6.76. The lowest BCUT2D eigenvalue weighted by atomic mass is 10.1. The monoisotopic (exact) mass is 362 g/mol. The maximum atomic E-state index is 11.9. The third kappa shape index (κ3) is 5.18. The Labute approximate surface area is 151 Å². The highest BCUT2D eigenvalue weighted by molar-refractivity contribution is 7.98. The van der Waals surface area contributed by atoms with E-state index in [4.69, 9.17) is 20.9 Å². The van der Waals surface area contributed by atoms with Crippen molar-refractivity contribution in [1.29, 1.82) is 0 Å². The summed E-state index contributed by atoms with van der Waals surface area (Å²) in [5.74, 6) is 1.62. The molecule has 0 aliphatic rings. The molecule has 0 atom stereocenters. The van der Waals surface area contributed by atoms with Crippen molar-refractivity contribution in [2.75, 3.05) is 17.7 Å². The number of benzene rings is 1. The first-order chi connectivity index (χ1) is 11.7. The summed E-state index contributed by atoms with van der Waals surface area (Å²) in [6.45, 7) is 5.64. The minimum Gasteiger partial charge on any atom is -0.455 e. The fraction of sp³-hybridized carbons (Fsp3) is 0.294. The van der Waals surface area contributed by atoms with Gasteiger partial charge in [-0.05, 0) is 45.2 Å². The van der Waals surface area contributed by atoms with Gasteiger partial charge in [0, 0.05) is 17.8 Å². The van der Waals surface area contributed by atoms with E-state index in [2.05, 4.69) is 10.3 Å². The molecule has 2 aromatic rings. The molecule has 1 amide bonds. The van der Waals surface area contributed by atoms with Crippen LogP contribution in [0.3, 0.4) is 0 Å². The maximum Gasteiger partial charge on any atom is 0.413 e. The van der Waals surface area contributed by atoms with Gasteiger partial charge in [0.25, 0.3) is 0 Å². The molecule has 25 heavy (non-hydrogen) atoms. The number of thioether (sulfide) groups is 1. The minimum atomic E-state index is -0.511. The normalized spacial score (nSPS) is 11.0. The van der Waals surface area contributed by atoms with Crippen LogP contribution in [0.5, 0.6) is 17.2 Å². The zero-order valence-corrected chi connectivity index (χ0v) is 15.4. The molecule has 0 unspecified atom stereocenters. The molecule has 0 saturated carbocycles. The molecule has 0 radical (unpaired) electrons. The molecule has 0 saturated heterocycles. The SMILES string of the molecule is CSc1cc(Oc2ccnc(N)c2N)ccc1OC(=O)NC(C)(C)C. The highest BCUT2D eigenvalue weighted by Crippen LogP contribution is 2.35. The van der Waals surface area contributed by atoms with Crippen molar-refractivity contribution in [1.82, 2.24) is 10.3 Å². The van der Waals surface area contributed by atoms with Gasteiger partial charge in [-0.15, -0.1) is 11.8 Å². The van der Waals surface area contributed by atoms with Crippen LogP contribution in [0.15, 0.2) is 35.4 Å². The standard InChI is InChI=1S/C17H22N4O3S/c1-17(2,3)21-16(22)24-11-6-5-10(9-13(11)25-4)23-12-7-8-20-15(19)14(12)18/h5-9H,18H2,1-4H3,(H2,19,20)(H,21,22). The van der Waals surface area contributed by atoms with Crippen LogP contribution in [-0.2, 0) is 0 Å². The Morgan fingerprint density at radius 3 is 2.56 bits per heavy atom. The second-order valence-corrected chi connectivity index (χ2v) is 7.14. The van der Waals surface area contributed by atoms with Crippen LogP contribution >= 0.6 is 11.8 Å². The fourth-order valence-electron chi connectivity index (χ4n) is 1.91. The van der Waals surface area contributed by atoms with E-state index in [1.165, 1.54) is 18.0 Å². The van der Waals surface area contributed by atoms with Gasteiger partial charge in [-0.1, -0.05) is 0 Å². The Bertz CT molecular complexity index is 775. The number of nitrogen functional groups attached to an aromatic ring is 2. The quantitative estimate of drug-likeness (QED) is 0.712. The van der Waals surface area contributed by atoms with E-state index in [9.17, 15) is 4.79 Å². The number of amides is 1. The molecule has 0 spiro atoms. The zero-order valence-electron chi connectivity index (χ0n) is 14.6. The predicted octanol–water partition coefficient (Wildman–Crippen LogP) is 3.65. The summed E-state index contributed by atoms with van der Waals surface area (Å²) in [5, 5.41) is 2.75. The topological polar surface area (TPSA) is 112 Å². The van der Waals surface area contributed by atoms with Crippen LogP contribution in [0.4, 0.5) is 16.3 Å². The molecule has 0 aliphatic carbocycles. The van der Waals surface area contributed by atoms with Crippen molar-refractivity contribution in [3.63, 3.8) is 0 Å². The third-order valence-corrected chi connectivity index (χ3v) is 3.78. The molecule has 1 aromatic carbocycles. The first-order valence-corrected chi connectivity index (χ1v) is 8.78. The molecule has 134 valence electrons. The maximum absolute atomic E-state index is 11.9. The summed E-state index contributed by atoms with van der Waals surface area (Å²) in [5.41, 5.74) is 11.4. The Morgan fingerprint density at radius 1 is 1.20 bits per heavy atom. The summed E-state index contributed by atoms with van der Waals surface area (Å²) in [6.07, 6.45) is 2.89. The first-order valence-electron chi connectivity index (χ1n) is 7.55. The van der Waals surface area contributed by atoms with Crippen molar-refractivity contribution in [2.45, 2.75) is 31.2 Å². The van der Waals surface area contributed by atoms with Gasteiger partial charge >= 0.3 is 6.09 Å². The Balaban J connectivity index is 2.19. The molecule has 0 bridgehead atoms. The first kappa shape index (κ1) is 18.7. The second kappa shape index (κ2) is 7.52. The Morgan fingerprint density at radius 2 is 1.92 bits per heavy atom. The second-order valence-electron chi connectivity index (χ2n) is 6.29. The lowest BCUT2D eigenvalue weighted by Crippen LogP contribution is -2.42. The number of ether oxygens (including phenoxy) is 2. The summed E-state index contributed by atoms with van der Waals surface area (Å²) < 4.78 is 11.1. The van der Waals surface area contributed by atoms with Crippen LogP contribution in [0, 0.1) is 0 Å². The van der Waals surface area contributed by atoms with Crippen LogP contribution in [0.2, 0.25) is 0 Å². The van der Waals surface area contributed by atoms with Gasteiger partial charge in [0.15, 0.2) is 5.75 Å². The van der Waals surface area contributed by atoms with Crippen LogP contribution in [0.25, 0.3) is 0 Å². The number of hydrogen-bond acceptors (Lipinski definition) is 7. The number of carbonyl (C=O) groups excluding carboxylic acids is 1. The van der Waals surface area contributed by atoms with Crippen molar-refractivity contribution < 1.29 is 14.3 Å². The van der Waals surface area contributed by atoms with E-state index in [1.54, 1.807) is 24.3 Å². The van der Waals surface area contributed by atoms with Gasteiger partial charge < -0.3 is 26.3 Å². The number of nitrogens with two attached hydrogens (primary N) is 2. The molecule has 5 N–H and O–H groups in total.